The molecule has 1 saturated heterocycles. The molecule has 0 spiro atoms. The van der Waals surface area contributed by atoms with Crippen molar-refractivity contribution in [3.8, 4) is 5.75 Å². The molecule has 2 fully saturated rings. The third-order valence-electron chi connectivity index (χ3n) is 4.58. The first-order chi connectivity index (χ1) is 10.6. The minimum Gasteiger partial charge on any atom is -0.505 e. The zero-order valence-corrected chi connectivity index (χ0v) is 12.8. The topological polar surface area (TPSA) is 73.7 Å². The Labute approximate surface area is 129 Å². The number of amides is 2. The van der Waals surface area contributed by atoms with Crippen LogP contribution in [0, 0.1) is 12.8 Å². The molecule has 1 aliphatic carbocycles. The fourth-order valence-corrected chi connectivity index (χ4v) is 2.94. The molecule has 22 heavy (non-hydrogen) atoms. The van der Waals surface area contributed by atoms with Gasteiger partial charge in [-0.05, 0) is 25.8 Å². The van der Waals surface area contributed by atoms with Crippen molar-refractivity contribution in [2.75, 3.05) is 26.2 Å². The lowest BCUT2D eigenvalue weighted by molar-refractivity contribution is -0.139. The molecule has 1 N–H and O–H groups in total. The second-order valence-electron chi connectivity index (χ2n) is 6.09. The van der Waals surface area contributed by atoms with Gasteiger partial charge in [-0.3, -0.25) is 14.6 Å². The number of pyridine rings is 1. The van der Waals surface area contributed by atoms with Crippen molar-refractivity contribution < 1.29 is 14.7 Å². The van der Waals surface area contributed by atoms with Crippen LogP contribution in [-0.4, -0.2) is 57.9 Å². The average molecular weight is 303 g/mol. The van der Waals surface area contributed by atoms with Gasteiger partial charge in [0, 0.05) is 37.8 Å². The Kier molecular flexibility index (Phi) is 4.00. The summed E-state index contributed by atoms with van der Waals surface area (Å²) in [4.78, 5) is 32.2. The number of rotatable bonds is 2. The number of piperazine rings is 1. The van der Waals surface area contributed by atoms with Crippen molar-refractivity contribution in [2.45, 2.75) is 26.2 Å². The minimum atomic E-state index is -0.196. The molecular weight excluding hydrogens is 282 g/mol. The number of hydrogen-bond donors (Lipinski definition) is 1. The van der Waals surface area contributed by atoms with Gasteiger partial charge in [0.15, 0.2) is 0 Å². The van der Waals surface area contributed by atoms with Crippen molar-refractivity contribution in [2.24, 2.45) is 5.92 Å². The van der Waals surface area contributed by atoms with E-state index in [1.165, 1.54) is 6.20 Å². The Balaban J connectivity index is 1.62. The Bertz CT molecular complexity index is 590. The van der Waals surface area contributed by atoms with Crippen molar-refractivity contribution in [3.05, 3.63) is 23.5 Å². The quantitative estimate of drug-likeness (QED) is 0.890. The summed E-state index contributed by atoms with van der Waals surface area (Å²) in [6, 6.07) is 1.60. The van der Waals surface area contributed by atoms with Gasteiger partial charge in [-0.2, -0.15) is 0 Å². The molecule has 1 saturated carbocycles. The van der Waals surface area contributed by atoms with Crippen LogP contribution in [0.1, 0.15) is 35.3 Å². The molecule has 3 rings (SSSR count). The summed E-state index contributed by atoms with van der Waals surface area (Å²) >= 11 is 0. The summed E-state index contributed by atoms with van der Waals surface area (Å²) in [5.41, 5.74) is 0.978. The molecule has 0 radical (unpaired) electrons. The SMILES string of the molecule is Cc1cc(C(=O)N2CCN(C(=O)C3CCC3)CC2)c(O)cn1. The second kappa shape index (κ2) is 5.94. The van der Waals surface area contributed by atoms with Crippen molar-refractivity contribution in [1.29, 1.82) is 0 Å². The van der Waals surface area contributed by atoms with Crippen LogP contribution in [0.25, 0.3) is 0 Å². The molecule has 118 valence electrons. The van der Waals surface area contributed by atoms with Crippen LogP contribution in [0.2, 0.25) is 0 Å². The molecule has 1 aromatic heterocycles. The van der Waals surface area contributed by atoms with E-state index in [-0.39, 0.29) is 29.0 Å². The van der Waals surface area contributed by atoms with E-state index >= 15 is 0 Å². The number of aryl methyl sites for hydroxylation is 1. The van der Waals surface area contributed by atoms with Crippen molar-refractivity contribution in [3.63, 3.8) is 0 Å². The second-order valence-corrected chi connectivity index (χ2v) is 6.09. The fourth-order valence-electron chi connectivity index (χ4n) is 2.94. The third kappa shape index (κ3) is 2.77. The maximum Gasteiger partial charge on any atom is 0.257 e. The fraction of sp³-hybridized carbons (Fsp3) is 0.562. The van der Waals surface area contributed by atoms with Crippen LogP contribution in [0.15, 0.2) is 12.3 Å². The van der Waals surface area contributed by atoms with Crippen molar-refractivity contribution >= 4 is 11.8 Å². The van der Waals surface area contributed by atoms with Crippen LogP contribution >= 0.6 is 0 Å². The summed E-state index contributed by atoms with van der Waals surface area (Å²) in [5, 5.41) is 9.81. The van der Waals surface area contributed by atoms with E-state index in [1.54, 1.807) is 17.9 Å². The Morgan fingerprint density at radius 1 is 1.18 bits per heavy atom. The van der Waals surface area contributed by atoms with E-state index in [0.29, 0.717) is 31.9 Å². The highest BCUT2D eigenvalue weighted by molar-refractivity contribution is 5.97. The van der Waals surface area contributed by atoms with Gasteiger partial charge in [-0.15, -0.1) is 0 Å². The van der Waals surface area contributed by atoms with E-state index in [0.717, 1.165) is 19.3 Å². The summed E-state index contributed by atoms with van der Waals surface area (Å²) in [5.74, 6) is 0.150. The molecule has 1 aliphatic heterocycles. The van der Waals surface area contributed by atoms with E-state index in [9.17, 15) is 14.7 Å². The van der Waals surface area contributed by atoms with Crippen LogP contribution in [-0.2, 0) is 4.79 Å². The lowest BCUT2D eigenvalue weighted by Gasteiger charge is -2.38. The standard InChI is InChI=1S/C16H21N3O3/c1-11-9-13(14(20)10-17-11)16(22)19-7-5-18(6-8-19)15(21)12-3-2-4-12/h9-10,12,20H,2-8H2,1H3. The lowest BCUT2D eigenvalue weighted by atomic mass is 9.84. The van der Waals surface area contributed by atoms with Gasteiger partial charge < -0.3 is 14.9 Å². The number of nitrogens with zero attached hydrogens (tertiary/aromatic N) is 3. The summed E-state index contributed by atoms with van der Waals surface area (Å²) < 4.78 is 0. The highest BCUT2D eigenvalue weighted by Crippen LogP contribution is 2.28. The van der Waals surface area contributed by atoms with Crippen LogP contribution in [0.3, 0.4) is 0 Å². The van der Waals surface area contributed by atoms with Gasteiger partial charge in [0.25, 0.3) is 5.91 Å². The molecule has 0 aromatic carbocycles. The molecule has 0 atom stereocenters. The number of carbonyl (C=O) groups is 2. The van der Waals surface area contributed by atoms with Crippen LogP contribution < -0.4 is 0 Å². The number of aromatic hydroxyl groups is 1. The lowest BCUT2D eigenvalue weighted by Crippen LogP contribution is -2.52. The molecule has 2 heterocycles. The first kappa shape index (κ1) is 14.8. The van der Waals surface area contributed by atoms with Gasteiger partial charge >= 0.3 is 0 Å². The minimum absolute atomic E-state index is 0.0939. The molecule has 2 amide bonds. The highest BCUT2D eigenvalue weighted by Gasteiger charge is 2.32. The van der Waals surface area contributed by atoms with E-state index in [1.807, 2.05) is 4.90 Å². The van der Waals surface area contributed by atoms with Crippen LogP contribution in [0.5, 0.6) is 5.75 Å². The van der Waals surface area contributed by atoms with Gasteiger partial charge in [-0.25, -0.2) is 0 Å². The Morgan fingerprint density at radius 3 is 2.41 bits per heavy atom. The van der Waals surface area contributed by atoms with Crippen molar-refractivity contribution in [1.82, 2.24) is 14.8 Å². The third-order valence-corrected chi connectivity index (χ3v) is 4.58. The molecule has 0 bridgehead atoms. The first-order valence-electron chi connectivity index (χ1n) is 7.80. The monoisotopic (exact) mass is 303 g/mol. The smallest absolute Gasteiger partial charge is 0.257 e. The summed E-state index contributed by atoms with van der Waals surface area (Å²) in [7, 11) is 0. The zero-order valence-electron chi connectivity index (χ0n) is 12.8. The van der Waals surface area contributed by atoms with Gasteiger partial charge in [0.05, 0.1) is 11.8 Å². The number of carbonyl (C=O) groups excluding carboxylic acids is 2. The molecule has 6 heteroatoms. The van der Waals surface area contributed by atoms with E-state index < -0.39 is 0 Å². The summed E-state index contributed by atoms with van der Waals surface area (Å²) in [6.07, 6.45) is 4.46. The van der Waals surface area contributed by atoms with Gasteiger partial charge in [0.2, 0.25) is 5.91 Å². The Morgan fingerprint density at radius 2 is 1.82 bits per heavy atom. The number of aromatic nitrogens is 1. The normalized spacial score (nSPS) is 19.0. The summed E-state index contributed by atoms with van der Waals surface area (Å²) in [6.45, 7) is 3.96. The predicted octanol–water partition coefficient (Wildman–Crippen LogP) is 1.18. The molecule has 2 aliphatic rings. The molecule has 0 unspecified atom stereocenters. The largest absolute Gasteiger partial charge is 0.505 e. The predicted molar refractivity (Wildman–Crippen MR) is 80.5 cm³/mol. The highest BCUT2D eigenvalue weighted by atomic mass is 16.3. The zero-order chi connectivity index (χ0) is 15.7. The van der Waals surface area contributed by atoms with Gasteiger partial charge in [-0.1, -0.05) is 6.42 Å². The first-order valence-corrected chi connectivity index (χ1v) is 7.80. The number of hydrogen-bond acceptors (Lipinski definition) is 4. The maximum atomic E-state index is 12.5. The van der Waals surface area contributed by atoms with Crippen LogP contribution in [0.4, 0.5) is 0 Å². The van der Waals surface area contributed by atoms with Gasteiger partial charge in [0.1, 0.15) is 5.75 Å². The average Bonchev–Trinajstić information content (AvgIpc) is 2.47. The Hall–Kier alpha value is -2.11. The maximum absolute atomic E-state index is 12.5. The molecule has 1 aromatic rings. The van der Waals surface area contributed by atoms with E-state index in [4.69, 9.17) is 0 Å². The molecular formula is C16H21N3O3. The molecule has 6 nitrogen and oxygen atoms in total. The van der Waals surface area contributed by atoms with E-state index in [2.05, 4.69) is 4.98 Å².